The van der Waals surface area contributed by atoms with Crippen molar-refractivity contribution in [2.24, 2.45) is 13.0 Å². The second-order valence-electron chi connectivity index (χ2n) is 10.1. The van der Waals surface area contributed by atoms with Gasteiger partial charge in [0.15, 0.2) is 9.84 Å². The van der Waals surface area contributed by atoms with Crippen LogP contribution >= 0.6 is 0 Å². The van der Waals surface area contributed by atoms with Crippen LogP contribution in [0.2, 0.25) is 0 Å². The Hall–Kier alpha value is -3.83. The van der Waals surface area contributed by atoms with Crippen molar-refractivity contribution in [3.63, 3.8) is 0 Å². The Morgan fingerprint density at radius 1 is 1.15 bits per heavy atom. The van der Waals surface area contributed by atoms with Crippen LogP contribution in [0.3, 0.4) is 0 Å². The summed E-state index contributed by atoms with van der Waals surface area (Å²) in [4.78, 5) is 4.87. The first-order valence-electron chi connectivity index (χ1n) is 14.3. The molecule has 0 amide bonds. The number of ether oxygens (including phenoxy) is 2. The summed E-state index contributed by atoms with van der Waals surface area (Å²) in [5, 5.41) is 8.50. The van der Waals surface area contributed by atoms with Gasteiger partial charge in [-0.3, -0.25) is 4.98 Å². The fourth-order valence-electron chi connectivity index (χ4n) is 5.77. The molecule has 0 saturated carbocycles. The van der Waals surface area contributed by atoms with Crippen LogP contribution in [0.25, 0.3) is 33.2 Å². The van der Waals surface area contributed by atoms with E-state index in [4.69, 9.17) is 18.6 Å². The summed E-state index contributed by atoms with van der Waals surface area (Å²) in [5.41, 5.74) is 3.17. The molecule has 1 fully saturated rings. The molecule has 1 atom stereocenters. The van der Waals surface area contributed by atoms with Crippen LogP contribution in [0.4, 0.5) is 4.39 Å². The topological polar surface area (TPSA) is 101 Å². The first kappa shape index (κ1) is 22.9. The van der Waals surface area contributed by atoms with Crippen LogP contribution in [0.15, 0.2) is 53.6 Å². The van der Waals surface area contributed by atoms with Crippen LogP contribution in [-0.2, 0) is 21.6 Å². The van der Waals surface area contributed by atoms with E-state index in [0.717, 1.165) is 11.8 Å². The number of aryl methyl sites for hydroxylation is 2. The normalized spacial score (nSPS) is 17.1. The summed E-state index contributed by atoms with van der Waals surface area (Å²) in [5.74, 6) is 0.00517. The van der Waals surface area contributed by atoms with Gasteiger partial charge in [-0.25, -0.2) is 17.5 Å². The molecule has 11 heteroatoms. The molecule has 2 aromatic carbocycles. The lowest BCUT2D eigenvalue weighted by atomic mass is 9.86. The van der Waals surface area contributed by atoms with E-state index in [-0.39, 0.29) is 28.4 Å². The van der Waals surface area contributed by atoms with Crippen molar-refractivity contribution in [2.45, 2.75) is 30.6 Å². The number of hydrogen-bond donors (Lipinski definition) is 0. The lowest BCUT2D eigenvalue weighted by Crippen LogP contribution is -2.27. The van der Waals surface area contributed by atoms with Crippen molar-refractivity contribution < 1.29 is 26.4 Å². The zero-order valence-electron chi connectivity index (χ0n) is 25.3. The zero-order chi connectivity index (χ0) is 30.7. The maximum absolute atomic E-state index is 14.1. The van der Waals surface area contributed by atoms with Gasteiger partial charge in [0.1, 0.15) is 11.6 Å². The second kappa shape index (κ2) is 9.97. The highest BCUT2D eigenvalue weighted by Crippen LogP contribution is 2.44. The molecule has 5 aromatic rings. The van der Waals surface area contributed by atoms with Crippen LogP contribution in [0.5, 0.6) is 5.75 Å². The van der Waals surface area contributed by atoms with Crippen molar-refractivity contribution >= 4 is 31.8 Å². The Bertz CT molecular complexity index is 1950. The smallest absolute Gasteiger partial charge is 0.175 e. The SMILES string of the molecule is [2H]C([2H])([2H])c1nnn(C)c1-c1cnc2c3c(OC)cc(S(C)(=O)=O)cc3n([C@H](c3ccc(F)cc3)C3CCOCC3)c2c1. The first-order chi connectivity index (χ1) is 20.4. The molecule has 1 aliphatic heterocycles. The van der Waals surface area contributed by atoms with E-state index in [1.807, 2.05) is 10.6 Å². The Morgan fingerprint density at radius 2 is 1.90 bits per heavy atom. The summed E-state index contributed by atoms with van der Waals surface area (Å²) in [6.45, 7) is -1.43. The van der Waals surface area contributed by atoms with Crippen LogP contribution in [0.1, 0.15) is 34.3 Å². The third kappa shape index (κ3) is 4.43. The number of pyridine rings is 1. The molecule has 9 nitrogen and oxygen atoms in total. The molecule has 1 saturated heterocycles. The van der Waals surface area contributed by atoms with E-state index in [1.54, 1.807) is 31.4 Å². The van der Waals surface area contributed by atoms with Gasteiger partial charge in [-0.05, 0) is 61.5 Å². The number of nitrogens with zero attached hydrogens (tertiary/aromatic N) is 5. The maximum atomic E-state index is 14.1. The van der Waals surface area contributed by atoms with Gasteiger partial charge < -0.3 is 14.0 Å². The monoisotopic (exact) mass is 566 g/mol. The largest absolute Gasteiger partial charge is 0.496 e. The number of fused-ring (bicyclic) bond motifs is 3. The van der Waals surface area contributed by atoms with Gasteiger partial charge in [0.05, 0.1) is 51.4 Å². The molecule has 6 rings (SSSR count). The maximum Gasteiger partial charge on any atom is 0.175 e. The van der Waals surface area contributed by atoms with Crippen molar-refractivity contribution in [2.75, 3.05) is 26.6 Å². The van der Waals surface area contributed by atoms with E-state index < -0.39 is 16.7 Å². The molecule has 208 valence electrons. The standard InChI is InChI=1S/C29H30FN5O4S/c1-17-28(34(2)33-32-17)20-13-24-27(31-16-20)26-23(14-22(40(4,36)37)15-25(26)38-3)35(24)29(19-9-11-39-12-10-19)18-5-7-21(30)8-6-18/h5-8,13-16,19,29H,9-12H2,1-4H3/t29-/m1/s1/i1D3. The summed E-state index contributed by atoms with van der Waals surface area (Å²) < 4.78 is 78.6. The predicted octanol–water partition coefficient (Wildman–Crippen LogP) is 4.86. The Labute approximate surface area is 235 Å². The van der Waals surface area contributed by atoms with E-state index in [2.05, 4.69) is 10.3 Å². The van der Waals surface area contributed by atoms with Crippen LogP contribution in [-0.4, -0.2) is 59.5 Å². The molecule has 4 heterocycles. The summed E-state index contributed by atoms with van der Waals surface area (Å²) >= 11 is 0. The minimum atomic E-state index is -3.64. The van der Waals surface area contributed by atoms with Crippen molar-refractivity contribution in [1.29, 1.82) is 0 Å². The van der Waals surface area contributed by atoms with Gasteiger partial charge in [0, 0.05) is 42.4 Å². The van der Waals surface area contributed by atoms with Crippen molar-refractivity contribution in [3.8, 4) is 17.0 Å². The molecule has 0 spiro atoms. The summed E-state index contributed by atoms with van der Waals surface area (Å²) in [6, 6.07) is 10.8. The van der Waals surface area contributed by atoms with Gasteiger partial charge in [-0.2, -0.15) is 0 Å². The minimum Gasteiger partial charge on any atom is -0.496 e. The van der Waals surface area contributed by atoms with Gasteiger partial charge in [-0.1, -0.05) is 17.3 Å². The first-order valence-corrected chi connectivity index (χ1v) is 14.7. The van der Waals surface area contributed by atoms with Crippen molar-refractivity contribution in [1.82, 2.24) is 24.5 Å². The number of methoxy groups -OCH3 is 1. The minimum absolute atomic E-state index is 0.0471. The molecule has 3 aromatic heterocycles. The lowest BCUT2D eigenvalue weighted by Gasteiger charge is -2.33. The van der Waals surface area contributed by atoms with Crippen molar-refractivity contribution in [3.05, 3.63) is 65.7 Å². The number of rotatable bonds is 6. The summed E-state index contributed by atoms with van der Waals surface area (Å²) in [6.07, 6.45) is 4.13. The van der Waals surface area contributed by atoms with E-state index in [0.29, 0.717) is 65.0 Å². The molecule has 40 heavy (non-hydrogen) atoms. The quantitative estimate of drug-likeness (QED) is 0.289. The number of aromatic nitrogens is 5. The summed E-state index contributed by atoms with van der Waals surface area (Å²) in [7, 11) is -0.555. The van der Waals surface area contributed by atoms with E-state index in [9.17, 15) is 12.8 Å². The zero-order valence-corrected chi connectivity index (χ0v) is 23.1. The van der Waals surface area contributed by atoms with Crippen LogP contribution in [0, 0.1) is 18.6 Å². The van der Waals surface area contributed by atoms with Crippen LogP contribution < -0.4 is 4.74 Å². The molecule has 0 bridgehead atoms. The fourth-order valence-corrected chi connectivity index (χ4v) is 6.42. The predicted molar refractivity (Wildman–Crippen MR) is 150 cm³/mol. The third-order valence-electron chi connectivity index (χ3n) is 7.63. The average Bonchev–Trinajstić information content (AvgIpc) is 3.52. The highest BCUT2D eigenvalue weighted by molar-refractivity contribution is 7.90. The molecular formula is C29H30FN5O4S. The second-order valence-corrected chi connectivity index (χ2v) is 12.1. The van der Waals surface area contributed by atoms with E-state index in [1.165, 1.54) is 30.0 Å². The molecule has 0 unspecified atom stereocenters. The highest BCUT2D eigenvalue weighted by atomic mass is 32.2. The van der Waals surface area contributed by atoms with E-state index >= 15 is 0 Å². The molecule has 1 aliphatic rings. The average molecular weight is 567 g/mol. The number of benzene rings is 2. The number of hydrogen-bond acceptors (Lipinski definition) is 7. The molecular weight excluding hydrogens is 533 g/mol. The number of sulfone groups is 1. The fraction of sp³-hybridized carbons (Fsp3) is 0.345. The Kier molecular flexibility index (Phi) is 5.72. The Morgan fingerprint density at radius 3 is 2.58 bits per heavy atom. The number of halogens is 1. The van der Waals surface area contributed by atoms with Gasteiger partial charge >= 0.3 is 0 Å². The Balaban J connectivity index is 1.75. The molecule has 0 N–H and O–H groups in total. The van der Waals surface area contributed by atoms with Gasteiger partial charge in [0.2, 0.25) is 0 Å². The molecule has 0 aliphatic carbocycles. The highest BCUT2D eigenvalue weighted by Gasteiger charge is 2.32. The van der Waals surface area contributed by atoms with Gasteiger partial charge in [0.25, 0.3) is 0 Å². The van der Waals surface area contributed by atoms with Gasteiger partial charge in [-0.15, -0.1) is 5.10 Å². The molecule has 0 radical (unpaired) electrons. The lowest BCUT2D eigenvalue weighted by molar-refractivity contribution is 0.0552. The third-order valence-corrected chi connectivity index (χ3v) is 8.72.